The molecule has 0 heterocycles. The third-order valence-electron chi connectivity index (χ3n) is 9.52. The molecule has 0 aromatic heterocycles. The molecule has 0 aromatic rings. The Balaban J connectivity index is 1.41. The number of aliphatic hydroxyl groups excluding tert-OH is 1. The molecule has 4 saturated carbocycles. The van der Waals surface area contributed by atoms with Gasteiger partial charge in [0.2, 0.25) is 5.78 Å². The molecule has 166 valence electrons. The SMILES string of the molecule is CC12CCC(O)CC1CCC1C2CCC2(C)C(OCCC(=O)C(F)(F)F)CCC12. The summed E-state index contributed by atoms with van der Waals surface area (Å²) in [7, 11) is 0. The van der Waals surface area contributed by atoms with Crippen LogP contribution in [0.25, 0.3) is 0 Å². The van der Waals surface area contributed by atoms with Crippen LogP contribution in [0.2, 0.25) is 0 Å². The molecule has 4 aliphatic carbocycles. The van der Waals surface area contributed by atoms with Crippen LogP contribution in [0.3, 0.4) is 0 Å². The number of hydrogen-bond donors (Lipinski definition) is 1. The van der Waals surface area contributed by atoms with E-state index < -0.39 is 18.4 Å². The minimum absolute atomic E-state index is 0.0137. The van der Waals surface area contributed by atoms with E-state index in [4.69, 9.17) is 4.74 Å². The van der Waals surface area contributed by atoms with Crippen molar-refractivity contribution in [3.05, 3.63) is 0 Å². The smallest absolute Gasteiger partial charge is 0.393 e. The number of rotatable bonds is 4. The second-order valence-electron chi connectivity index (χ2n) is 10.7. The largest absolute Gasteiger partial charge is 0.450 e. The van der Waals surface area contributed by atoms with Gasteiger partial charge in [0.05, 0.1) is 18.8 Å². The quantitative estimate of drug-likeness (QED) is 0.677. The van der Waals surface area contributed by atoms with E-state index in [0.717, 1.165) is 44.9 Å². The van der Waals surface area contributed by atoms with Gasteiger partial charge in [-0.2, -0.15) is 13.2 Å². The van der Waals surface area contributed by atoms with Crippen LogP contribution in [-0.2, 0) is 9.53 Å². The predicted molar refractivity (Wildman–Crippen MR) is 103 cm³/mol. The fraction of sp³-hybridized carbons (Fsp3) is 0.957. The Bertz CT molecular complexity index is 635. The number of carbonyl (C=O) groups excluding carboxylic acids is 1. The van der Waals surface area contributed by atoms with Crippen LogP contribution < -0.4 is 0 Å². The molecule has 6 heteroatoms. The highest BCUT2D eigenvalue weighted by Gasteiger charge is 2.60. The average Bonchev–Trinajstić information content (AvgIpc) is 2.98. The van der Waals surface area contributed by atoms with Crippen molar-refractivity contribution in [1.29, 1.82) is 0 Å². The van der Waals surface area contributed by atoms with Crippen molar-refractivity contribution < 1.29 is 27.8 Å². The van der Waals surface area contributed by atoms with Gasteiger partial charge in [0, 0.05) is 6.42 Å². The Morgan fingerprint density at radius 1 is 1.00 bits per heavy atom. The van der Waals surface area contributed by atoms with E-state index in [-0.39, 0.29) is 24.2 Å². The number of Topliss-reactive ketones (excluding diaryl/α,β-unsaturated/α-hetero) is 1. The van der Waals surface area contributed by atoms with Crippen LogP contribution in [0.15, 0.2) is 0 Å². The number of aliphatic hydroxyl groups is 1. The summed E-state index contributed by atoms with van der Waals surface area (Å²) in [5.41, 5.74) is 0.335. The molecule has 8 atom stereocenters. The topological polar surface area (TPSA) is 46.5 Å². The lowest BCUT2D eigenvalue weighted by atomic mass is 9.45. The molecule has 3 nitrogen and oxygen atoms in total. The lowest BCUT2D eigenvalue weighted by molar-refractivity contribution is -0.173. The van der Waals surface area contributed by atoms with E-state index in [9.17, 15) is 23.1 Å². The Morgan fingerprint density at radius 3 is 2.41 bits per heavy atom. The standard InChI is InChI=1S/C23H35F3O3/c1-21-10-7-15(27)13-14(21)3-4-16-17-5-6-20(22(17,2)11-8-18(16)21)29-12-9-19(28)23(24,25)26/h14-18,20,27H,3-13H2,1-2H3. The minimum Gasteiger partial charge on any atom is -0.393 e. The second kappa shape index (κ2) is 7.51. The molecule has 0 aliphatic heterocycles. The zero-order valence-corrected chi connectivity index (χ0v) is 17.6. The number of halogens is 3. The first kappa shape index (κ1) is 21.6. The first-order valence-electron chi connectivity index (χ1n) is 11.5. The summed E-state index contributed by atoms with van der Waals surface area (Å²) in [5, 5.41) is 10.1. The lowest BCUT2D eigenvalue weighted by Gasteiger charge is -2.60. The van der Waals surface area contributed by atoms with Crippen LogP contribution in [0.4, 0.5) is 13.2 Å². The van der Waals surface area contributed by atoms with Gasteiger partial charge in [-0.15, -0.1) is 0 Å². The van der Waals surface area contributed by atoms with E-state index in [1.54, 1.807) is 0 Å². The molecule has 4 rings (SSSR count). The molecule has 0 radical (unpaired) electrons. The maximum atomic E-state index is 12.5. The summed E-state index contributed by atoms with van der Waals surface area (Å²) in [4.78, 5) is 11.2. The predicted octanol–water partition coefficient (Wildman–Crippen LogP) is 5.30. The van der Waals surface area contributed by atoms with Gasteiger partial charge >= 0.3 is 6.18 Å². The van der Waals surface area contributed by atoms with E-state index in [2.05, 4.69) is 13.8 Å². The zero-order valence-electron chi connectivity index (χ0n) is 17.6. The Morgan fingerprint density at radius 2 is 1.69 bits per heavy atom. The minimum atomic E-state index is -4.76. The fourth-order valence-corrected chi connectivity index (χ4v) is 7.90. The van der Waals surface area contributed by atoms with Crippen LogP contribution in [0.5, 0.6) is 0 Å². The second-order valence-corrected chi connectivity index (χ2v) is 10.7. The van der Waals surface area contributed by atoms with Crippen LogP contribution in [0, 0.1) is 34.5 Å². The number of ether oxygens (including phenoxy) is 1. The molecule has 29 heavy (non-hydrogen) atoms. The third-order valence-corrected chi connectivity index (χ3v) is 9.52. The maximum Gasteiger partial charge on any atom is 0.450 e. The highest BCUT2D eigenvalue weighted by atomic mass is 19.4. The van der Waals surface area contributed by atoms with Gasteiger partial charge in [0.25, 0.3) is 0 Å². The zero-order chi connectivity index (χ0) is 21.0. The molecule has 0 saturated heterocycles. The van der Waals surface area contributed by atoms with Crippen LogP contribution >= 0.6 is 0 Å². The van der Waals surface area contributed by atoms with Gasteiger partial charge in [-0.25, -0.2) is 0 Å². The summed E-state index contributed by atoms with van der Waals surface area (Å²) < 4.78 is 43.3. The van der Waals surface area contributed by atoms with Crippen molar-refractivity contribution in [2.45, 2.75) is 96.4 Å². The molecule has 4 fully saturated rings. The number of alkyl halides is 3. The number of ketones is 1. The van der Waals surface area contributed by atoms with Gasteiger partial charge in [0.1, 0.15) is 0 Å². The van der Waals surface area contributed by atoms with Gasteiger partial charge < -0.3 is 9.84 Å². The average molecular weight is 417 g/mol. The summed E-state index contributed by atoms with van der Waals surface area (Å²) in [6.45, 7) is 4.60. The molecule has 0 spiro atoms. The van der Waals surface area contributed by atoms with Crippen molar-refractivity contribution in [3.63, 3.8) is 0 Å². The van der Waals surface area contributed by atoms with Crippen LogP contribution in [0.1, 0.15) is 78.1 Å². The first-order valence-corrected chi connectivity index (χ1v) is 11.5. The van der Waals surface area contributed by atoms with Crippen molar-refractivity contribution in [1.82, 2.24) is 0 Å². The molecule has 0 bridgehead atoms. The van der Waals surface area contributed by atoms with Gasteiger partial charge in [-0.3, -0.25) is 4.79 Å². The Kier molecular flexibility index (Phi) is 5.59. The van der Waals surface area contributed by atoms with Crippen molar-refractivity contribution in [3.8, 4) is 0 Å². The molecular formula is C23H35F3O3. The van der Waals surface area contributed by atoms with E-state index >= 15 is 0 Å². The van der Waals surface area contributed by atoms with Gasteiger partial charge in [0.15, 0.2) is 0 Å². The summed E-state index contributed by atoms with van der Waals surface area (Å²) in [6.07, 6.45) is 4.05. The molecule has 0 aromatic carbocycles. The maximum absolute atomic E-state index is 12.5. The Labute approximate surface area is 171 Å². The summed E-state index contributed by atoms with van der Waals surface area (Å²) in [5.74, 6) is 0.854. The molecule has 4 aliphatic rings. The van der Waals surface area contributed by atoms with Gasteiger partial charge in [-0.1, -0.05) is 13.8 Å². The number of hydrogen-bond acceptors (Lipinski definition) is 3. The highest BCUT2D eigenvalue weighted by molar-refractivity contribution is 5.84. The van der Waals surface area contributed by atoms with E-state index in [1.807, 2.05) is 0 Å². The van der Waals surface area contributed by atoms with E-state index in [1.165, 1.54) is 12.8 Å². The van der Waals surface area contributed by atoms with Crippen molar-refractivity contribution in [2.75, 3.05) is 6.61 Å². The van der Waals surface area contributed by atoms with Crippen molar-refractivity contribution >= 4 is 5.78 Å². The third kappa shape index (κ3) is 3.66. The number of carbonyl (C=O) groups is 1. The molecule has 8 unspecified atom stereocenters. The van der Waals surface area contributed by atoms with Crippen molar-refractivity contribution in [2.24, 2.45) is 34.5 Å². The van der Waals surface area contributed by atoms with Gasteiger partial charge in [-0.05, 0) is 92.3 Å². The number of fused-ring (bicyclic) bond motifs is 5. The Hall–Kier alpha value is -0.620. The fourth-order valence-electron chi connectivity index (χ4n) is 7.90. The monoisotopic (exact) mass is 416 g/mol. The first-order chi connectivity index (χ1) is 13.6. The summed E-state index contributed by atoms with van der Waals surface area (Å²) >= 11 is 0. The van der Waals surface area contributed by atoms with E-state index in [0.29, 0.717) is 29.1 Å². The van der Waals surface area contributed by atoms with Crippen LogP contribution in [-0.4, -0.2) is 35.9 Å². The normalized spacial score (nSPS) is 47.2. The molecule has 0 amide bonds. The highest BCUT2D eigenvalue weighted by Crippen LogP contribution is 2.66. The lowest BCUT2D eigenvalue weighted by Crippen LogP contribution is -2.54. The molecular weight excluding hydrogens is 381 g/mol. The summed E-state index contributed by atoms with van der Waals surface area (Å²) in [6, 6.07) is 0. The molecule has 1 N–H and O–H groups in total.